The van der Waals surface area contributed by atoms with Crippen molar-refractivity contribution in [1.29, 1.82) is 0 Å². The lowest BCUT2D eigenvalue weighted by molar-refractivity contribution is 0.171. The van der Waals surface area contributed by atoms with Crippen molar-refractivity contribution >= 4 is 15.9 Å². The van der Waals surface area contributed by atoms with E-state index in [2.05, 4.69) is 65.4 Å². The van der Waals surface area contributed by atoms with E-state index in [1.165, 1.54) is 11.1 Å². The summed E-state index contributed by atoms with van der Waals surface area (Å²) in [6.07, 6.45) is 0. The molecule has 1 N–H and O–H groups in total. The molecule has 2 aromatic rings. The molecule has 2 aromatic carbocycles. The molecule has 1 heterocycles. The average molecular weight is 376 g/mol. The first-order valence-electron chi connectivity index (χ1n) is 8.01. The highest BCUT2D eigenvalue weighted by atomic mass is 79.9. The Hall–Kier alpha value is -1.52. The highest BCUT2D eigenvalue weighted by Crippen LogP contribution is 2.34. The minimum atomic E-state index is 0.262. The Balaban J connectivity index is 1.78. The van der Waals surface area contributed by atoms with Gasteiger partial charge in [0.15, 0.2) is 11.5 Å². The predicted molar refractivity (Wildman–Crippen MR) is 96.0 cm³/mol. The van der Waals surface area contributed by atoms with Gasteiger partial charge in [0.2, 0.25) is 0 Å². The van der Waals surface area contributed by atoms with Crippen molar-refractivity contribution < 1.29 is 9.47 Å². The fourth-order valence-corrected chi connectivity index (χ4v) is 3.28. The van der Waals surface area contributed by atoms with E-state index in [9.17, 15) is 0 Å². The summed E-state index contributed by atoms with van der Waals surface area (Å²) in [7, 11) is 0. The van der Waals surface area contributed by atoms with Gasteiger partial charge in [0, 0.05) is 17.1 Å². The van der Waals surface area contributed by atoms with Gasteiger partial charge in [-0.2, -0.15) is 0 Å². The number of nitrogens with one attached hydrogen (secondary N) is 1. The number of fused-ring (bicyclic) bond motifs is 1. The van der Waals surface area contributed by atoms with Crippen molar-refractivity contribution in [1.82, 2.24) is 5.32 Å². The largest absolute Gasteiger partial charge is 0.486 e. The third-order valence-electron chi connectivity index (χ3n) is 4.06. The molecule has 0 fully saturated rings. The van der Waals surface area contributed by atoms with Gasteiger partial charge in [0.25, 0.3) is 0 Å². The Kier molecular flexibility index (Phi) is 5.23. The van der Waals surface area contributed by atoms with Crippen molar-refractivity contribution in [3.8, 4) is 11.5 Å². The van der Waals surface area contributed by atoms with Gasteiger partial charge in [-0.05, 0) is 35.2 Å². The number of hydrogen-bond acceptors (Lipinski definition) is 3. The van der Waals surface area contributed by atoms with Crippen molar-refractivity contribution in [2.45, 2.75) is 26.4 Å². The van der Waals surface area contributed by atoms with Crippen LogP contribution in [-0.2, 0) is 6.54 Å². The molecule has 1 aliphatic heterocycles. The van der Waals surface area contributed by atoms with Gasteiger partial charge in [0.05, 0.1) is 0 Å². The molecule has 1 aliphatic rings. The highest BCUT2D eigenvalue weighted by Gasteiger charge is 2.19. The second-order valence-corrected chi connectivity index (χ2v) is 6.95. The quantitative estimate of drug-likeness (QED) is 0.820. The van der Waals surface area contributed by atoms with Crippen LogP contribution in [0.5, 0.6) is 11.5 Å². The van der Waals surface area contributed by atoms with Crippen LogP contribution in [0.15, 0.2) is 46.9 Å². The third kappa shape index (κ3) is 3.88. The Bertz CT molecular complexity index is 672. The molecular formula is C19H22BrNO2. The van der Waals surface area contributed by atoms with Gasteiger partial charge in [-0.15, -0.1) is 0 Å². The molecule has 0 saturated heterocycles. The molecule has 0 bridgehead atoms. The molecule has 0 aliphatic carbocycles. The van der Waals surface area contributed by atoms with Gasteiger partial charge in [-0.1, -0.05) is 54.0 Å². The summed E-state index contributed by atoms with van der Waals surface area (Å²) < 4.78 is 12.5. The summed E-state index contributed by atoms with van der Waals surface area (Å²) in [5.74, 6) is 2.16. The monoisotopic (exact) mass is 375 g/mol. The fourth-order valence-electron chi connectivity index (χ4n) is 2.85. The lowest BCUT2D eigenvalue weighted by Crippen LogP contribution is -2.26. The molecule has 0 amide bonds. The first kappa shape index (κ1) is 16.3. The van der Waals surface area contributed by atoms with Crippen LogP contribution in [0.3, 0.4) is 0 Å². The Labute approximate surface area is 146 Å². The van der Waals surface area contributed by atoms with Crippen molar-refractivity contribution in [2.24, 2.45) is 5.92 Å². The van der Waals surface area contributed by atoms with Crippen LogP contribution in [-0.4, -0.2) is 13.2 Å². The fraction of sp³-hybridized carbons (Fsp3) is 0.368. The van der Waals surface area contributed by atoms with Crippen LogP contribution in [0.4, 0.5) is 0 Å². The van der Waals surface area contributed by atoms with E-state index in [1.807, 2.05) is 12.1 Å². The molecule has 122 valence electrons. The van der Waals surface area contributed by atoms with Crippen LogP contribution in [0.1, 0.15) is 31.0 Å². The van der Waals surface area contributed by atoms with Crippen LogP contribution in [0, 0.1) is 5.92 Å². The zero-order valence-corrected chi connectivity index (χ0v) is 15.1. The molecule has 0 radical (unpaired) electrons. The standard InChI is InChI=1S/C19H22BrNO2/c1-13(2)19(21-12-15-5-3-4-6-16(15)20)14-7-8-17-18(11-14)23-10-9-22-17/h3-8,11,13,19,21H,9-10,12H2,1-2H3. The summed E-state index contributed by atoms with van der Waals surface area (Å²) in [5.41, 5.74) is 2.49. The topological polar surface area (TPSA) is 30.5 Å². The lowest BCUT2D eigenvalue weighted by Gasteiger charge is -2.26. The smallest absolute Gasteiger partial charge is 0.161 e. The summed E-state index contributed by atoms with van der Waals surface area (Å²) >= 11 is 3.61. The van der Waals surface area contributed by atoms with Crippen molar-refractivity contribution in [3.63, 3.8) is 0 Å². The van der Waals surface area contributed by atoms with E-state index >= 15 is 0 Å². The second-order valence-electron chi connectivity index (χ2n) is 6.10. The maximum absolute atomic E-state index is 5.72. The third-order valence-corrected chi connectivity index (χ3v) is 4.84. The first-order chi connectivity index (χ1) is 11.1. The Morgan fingerprint density at radius 3 is 2.52 bits per heavy atom. The molecule has 0 spiro atoms. The van der Waals surface area contributed by atoms with Gasteiger partial charge in [-0.3, -0.25) is 0 Å². The number of ether oxygens (including phenoxy) is 2. The summed E-state index contributed by atoms with van der Waals surface area (Å²) in [5, 5.41) is 3.67. The molecular weight excluding hydrogens is 354 g/mol. The Morgan fingerprint density at radius 2 is 1.78 bits per heavy atom. The van der Waals surface area contributed by atoms with E-state index in [0.29, 0.717) is 19.1 Å². The highest BCUT2D eigenvalue weighted by molar-refractivity contribution is 9.10. The molecule has 0 aromatic heterocycles. The minimum absolute atomic E-state index is 0.262. The number of hydrogen-bond donors (Lipinski definition) is 1. The van der Waals surface area contributed by atoms with E-state index < -0.39 is 0 Å². The van der Waals surface area contributed by atoms with E-state index in [4.69, 9.17) is 9.47 Å². The second kappa shape index (κ2) is 7.37. The molecule has 1 unspecified atom stereocenters. The van der Waals surface area contributed by atoms with Crippen LogP contribution in [0.2, 0.25) is 0 Å². The van der Waals surface area contributed by atoms with Gasteiger partial charge >= 0.3 is 0 Å². The van der Waals surface area contributed by atoms with E-state index in [1.54, 1.807) is 0 Å². The number of halogens is 1. The minimum Gasteiger partial charge on any atom is -0.486 e. The molecule has 3 nitrogen and oxygen atoms in total. The lowest BCUT2D eigenvalue weighted by atomic mass is 9.95. The van der Waals surface area contributed by atoms with Gasteiger partial charge in [-0.25, -0.2) is 0 Å². The zero-order valence-electron chi connectivity index (χ0n) is 13.5. The van der Waals surface area contributed by atoms with Crippen LogP contribution >= 0.6 is 15.9 Å². The predicted octanol–water partition coefficient (Wildman–Crippen LogP) is 4.71. The van der Waals surface area contributed by atoms with Gasteiger partial charge in [0.1, 0.15) is 13.2 Å². The van der Waals surface area contributed by atoms with Crippen molar-refractivity contribution in [3.05, 3.63) is 58.1 Å². The van der Waals surface area contributed by atoms with Crippen LogP contribution < -0.4 is 14.8 Å². The SMILES string of the molecule is CC(C)C(NCc1ccccc1Br)c1ccc2c(c1)OCCO2. The van der Waals surface area contributed by atoms with E-state index in [-0.39, 0.29) is 6.04 Å². The first-order valence-corrected chi connectivity index (χ1v) is 8.81. The Morgan fingerprint density at radius 1 is 1.04 bits per heavy atom. The summed E-state index contributed by atoms with van der Waals surface area (Å²) in [6, 6.07) is 14.8. The molecule has 3 rings (SSSR count). The number of rotatable bonds is 5. The summed E-state index contributed by atoms with van der Waals surface area (Å²) in [6.45, 7) is 6.52. The summed E-state index contributed by atoms with van der Waals surface area (Å²) in [4.78, 5) is 0. The zero-order chi connectivity index (χ0) is 16.2. The molecule has 1 atom stereocenters. The van der Waals surface area contributed by atoms with Gasteiger partial charge < -0.3 is 14.8 Å². The normalized spacial score (nSPS) is 14.8. The van der Waals surface area contributed by atoms with Crippen molar-refractivity contribution in [2.75, 3.05) is 13.2 Å². The molecule has 23 heavy (non-hydrogen) atoms. The van der Waals surface area contributed by atoms with Crippen LogP contribution in [0.25, 0.3) is 0 Å². The maximum atomic E-state index is 5.72. The molecule has 0 saturated carbocycles. The molecule has 4 heteroatoms. The number of benzene rings is 2. The maximum Gasteiger partial charge on any atom is 0.161 e. The average Bonchev–Trinajstić information content (AvgIpc) is 2.56. The van der Waals surface area contributed by atoms with E-state index in [0.717, 1.165) is 22.5 Å².